The average Bonchev–Trinajstić information content (AvgIpc) is 2.80. The van der Waals surface area contributed by atoms with Crippen LogP contribution in [0.2, 0.25) is 0 Å². The van der Waals surface area contributed by atoms with Crippen LogP contribution in [-0.2, 0) is 11.2 Å². The number of furan rings is 1. The number of nitrogens with zero attached hydrogens (tertiary/aromatic N) is 1. The number of aliphatic hydroxyl groups excluding tert-OH is 1. The summed E-state index contributed by atoms with van der Waals surface area (Å²) in [5.74, 6) is 1.01. The van der Waals surface area contributed by atoms with Gasteiger partial charge in [-0.25, -0.2) is 0 Å². The summed E-state index contributed by atoms with van der Waals surface area (Å²) in [5, 5.41) is 9.34. The van der Waals surface area contributed by atoms with Crippen LogP contribution in [-0.4, -0.2) is 35.1 Å². The molecule has 1 saturated heterocycles. The lowest BCUT2D eigenvalue weighted by molar-refractivity contribution is -0.133. The fourth-order valence-electron chi connectivity index (χ4n) is 1.96. The van der Waals surface area contributed by atoms with Gasteiger partial charge in [0, 0.05) is 25.9 Å². The molecular formula is C12H17NO3. The van der Waals surface area contributed by atoms with Crippen molar-refractivity contribution in [2.45, 2.75) is 31.8 Å². The predicted molar refractivity (Wildman–Crippen MR) is 58.8 cm³/mol. The molecule has 0 radical (unpaired) electrons. The third kappa shape index (κ3) is 2.85. The summed E-state index contributed by atoms with van der Waals surface area (Å²) in [4.78, 5) is 13.6. The summed E-state index contributed by atoms with van der Waals surface area (Å²) >= 11 is 0. The van der Waals surface area contributed by atoms with Crippen LogP contribution >= 0.6 is 0 Å². The van der Waals surface area contributed by atoms with Crippen LogP contribution in [0.1, 0.15) is 25.0 Å². The second-order valence-corrected chi connectivity index (χ2v) is 4.19. The van der Waals surface area contributed by atoms with Gasteiger partial charge in [0.2, 0.25) is 5.91 Å². The van der Waals surface area contributed by atoms with E-state index in [2.05, 4.69) is 0 Å². The standard InChI is InChI=1S/C12H17NO3/c14-10-5-7-13(8-6-10)12(15)4-3-11-2-1-9-16-11/h1-2,9-10,14H,3-8H2. The highest BCUT2D eigenvalue weighted by atomic mass is 16.3. The zero-order valence-electron chi connectivity index (χ0n) is 9.26. The Balaban J connectivity index is 1.75. The van der Waals surface area contributed by atoms with Gasteiger partial charge in [-0.1, -0.05) is 0 Å². The Morgan fingerprint density at radius 2 is 2.25 bits per heavy atom. The summed E-state index contributed by atoms with van der Waals surface area (Å²) in [6, 6.07) is 3.71. The van der Waals surface area contributed by atoms with Crippen LogP contribution in [0, 0.1) is 0 Å². The van der Waals surface area contributed by atoms with Crippen LogP contribution in [0.4, 0.5) is 0 Å². The number of amides is 1. The lowest BCUT2D eigenvalue weighted by atomic mass is 10.1. The number of hydrogen-bond acceptors (Lipinski definition) is 3. The van der Waals surface area contributed by atoms with E-state index < -0.39 is 0 Å². The van der Waals surface area contributed by atoms with Crippen molar-refractivity contribution in [2.75, 3.05) is 13.1 Å². The normalized spacial score (nSPS) is 17.7. The van der Waals surface area contributed by atoms with Crippen molar-refractivity contribution >= 4 is 5.91 Å². The molecule has 1 amide bonds. The van der Waals surface area contributed by atoms with E-state index in [0.29, 0.717) is 38.8 Å². The fraction of sp³-hybridized carbons (Fsp3) is 0.583. The fourth-order valence-corrected chi connectivity index (χ4v) is 1.96. The van der Waals surface area contributed by atoms with Gasteiger partial charge in [0.25, 0.3) is 0 Å². The van der Waals surface area contributed by atoms with Crippen molar-refractivity contribution in [3.63, 3.8) is 0 Å². The number of aliphatic hydroxyl groups is 1. The minimum absolute atomic E-state index is 0.156. The molecule has 0 unspecified atom stereocenters. The van der Waals surface area contributed by atoms with E-state index in [0.717, 1.165) is 5.76 Å². The molecule has 1 aromatic heterocycles. The van der Waals surface area contributed by atoms with Gasteiger partial charge in [-0.15, -0.1) is 0 Å². The Labute approximate surface area is 94.9 Å². The molecule has 2 rings (SSSR count). The van der Waals surface area contributed by atoms with Gasteiger partial charge in [-0.2, -0.15) is 0 Å². The number of carbonyl (C=O) groups is 1. The first-order valence-electron chi connectivity index (χ1n) is 5.74. The van der Waals surface area contributed by atoms with Gasteiger partial charge < -0.3 is 14.4 Å². The molecule has 1 aliphatic rings. The average molecular weight is 223 g/mol. The Morgan fingerprint density at radius 3 is 2.88 bits per heavy atom. The third-order valence-corrected chi connectivity index (χ3v) is 2.98. The van der Waals surface area contributed by atoms with Gasteiger partial charge in [0.1, 0.15) is 5.76 Å². The molecule has 1 N–H and O–H groups in total. The second kappa shape index (κ2) is 5.16. The van der Waals surface area contributed by atoms with Crippen LogP contribution in [0.3, 0.4) is 0 Å². The molecular weight excluding hydrogens is 206 g/mol. The maximum absolute atomic E-state index is 11.8. The first-order valence-corrected chi connectivity index (χ1v) is 5.74. The van der Waals surface area contributed by atoms with Crippen LogP contribution < -0.4 is 0 Å². The Bertz CT molecular complexity index is 326. The van der Waals surface area contributed by atoms with Gasteiger partial charge in [0.15, 0.2) is 0 Å². The first kappa shape index (κ1) is 11.2. The van der Waals surface area contributed by atoms with E-state index in [1.165, 1.54) is 0 Å². The summed E-state index contributed by atoms with van der Waals surface area (Å²) in [6.07, 6.45) is 3.94. The molecule has 0 atom stereocenters. The lowest BCUT2D eigenvalue weighted by Gasteiger charge is -2.29. The quantitative estimate of drug-likeness (QED) is 0.837. The molecule has 1 aliphatic heterocycles. The molecule has 2 heterocycles. The highest BCUT2D eigenvalue weighted by molar-refractivity contribution is 5.76. The van der Waals surface area contributed by atoms with Crippen molar-refractivity contribution in [1.29, 1.82) is 0 Å². The number of piperidine rings is 1. The molecule has 0 aliphatic carbocycles. The van der Waals surface area contributed by atoms with Crippen molar-refractivity contribution in [1.82, 2.24) is 4.90 Å². The number of likely N-dealkylation sites (tertiary alicyclic amines) is 1. The van der Waals surface area contributed by atoms with E-state index in [-0.39, 0.29) is 12.0 Å². The molecule has 16 heavy (non-hydrogen) atoms. The predicted octanol–water partition coefficient (Wildman–Crippen LogP) is 1.20. The molecule has 0 aromatic carbocycles. The molecule has 1 fully saturated rings. The van der Waals surface area contributed by atoms with E-state index in [1.807, 2.05) is 17.0 Å². The molecule has 0 bridgehead atoms. The van der Waals surface area contributed by atoms with Crippen LogP contribution in [0.15, 0.2) is 22.8 Å². The highest BCUT2D eigenvalue weighted by Crippen LogP contribution is 2.12. The maximum atomic E-state index is 11.8. The smallest absolute Gasteiger partial charge is 0.223 e. The van der Waals surface area contributed by atoms with Crippen LogP contribution in [0.25, 0.3) is 0 Å². The minimum atomic E-state index is -0.228. The van der Waals surface area contributed by atoms with Crippen LogP contribution in [0.5, 0.6) is 0 Å². The number of rotatable bonds is 3. The van der Waals surface area contributed by atoms with Crippen molar-refractivity contribution in [3.05, 3.63) is 24.2 Å². The monoisotopic (exact) mass is 223 g/mol. The lowest BCUT2D eigenvalue weighted by Crippen LogP contribution is -2.40. The minimum Gasteiger partial charge on any atom is -0.469 e. The number of aryl methyl sites for hydroxylation is 1. The maximum Gasteiger partial charge on any atom is 0.223 e. The molecule has 1 aromatic rings. The summed E-state index contributed by atoms with van der Waals surface area (Å²) in [5.41, 5.74) is 0. The van der Waals surface area contributed by atoms with Gasteiger partial charge in [-0.3, -0.25) is 4.79 Å². The van der Waals surface area contributed by atoms with Gasteiger partial charge in [0.05, 0.1) is 12.4 Å². The number of carbonyl (C=O) groups excluding carboxylic acids is 1. The van der Waals surface area contributed by atoms with Crippen molar-refractivity contribution in [3.8, 4) is 0 Å². The first-order chi connectivity index (χ1) is 7.75. The summed E-state index contributed by atoms with van der Waals surface area (Å²) in [7, 11) is 0. The number of hydrogen-bond donors (Lipinski definition) is 1. The Morgan fingerprint density at radius 1 is 1.50 bits per heavy atom. The summed E-state index contributed by atoms with van der Waals surface area (Å²) in [6.45, 7) is 1.36. The largest absolute Gasteiger partial charge is 0.469 e. The molecule has 88 valence electrons. The van der Waals surface area contributed by atoms with E-state index in [4.69, 9.17) is 4.42 Å². The Hall–Kier alpha value is -1.29. The SMILES string of the molecule is O=C(CCc1ccco1)N1CCC(O)CC1. The molecule has 0 saturated carbocycles. The molecule has 4 heteroatoms. The summed E-state index contributed by atoms with van der Waals surface area (Å²) < 4.78 is 5.18. The zero-order valence-corrected chi connectivity index (χ0v) is 9.26. The van der Waals surface area contributed by atoms with E-state index >= 15 is 0 Å². The highest BCUT2D eigenvalue weighted by Gasteiger charge is 2.20. The van der Waals surface area contributed by atoms with Gasteiger partial charge in [-0.05, 0) is 25.0 Å². The molecule has 4 nitrogen and oxygen atoms in total. The topological polar surface area (TPSA) is 53.7 Å². The van der Waals surface area contributed by atoms with E-state index in [9.17, 15) is 9.90 Å². The van der Waals surface area contributed by atoms with Gasteiger partial charge >= 0.3 is 0 Å². The molecule has 0 spiro atoms. The van der Waals surface area contributed by atoms with Crippen molar-refractivity contribution < 1.29 is 14.3 Å². The van der Waals surface area contributed by atoms with E-state index in [1.54, 1.807) is 6.26 Å². The second-order valence-electron chi connectivity index (χ2n) is 4.19. The third-order valence-electron chi connectivity index (χ3n) is 2.98. The Kier molecular flexibility index (Phi) is 3.62. The zero-order chi connectivity index (χ0) is 11.4. The van der Waals surface area contributed by atoms with Crippen molar-refractivity contribution in [2.24, 2.45) is 0 Å².